The molecule has 0 aromatic heterocycles. The van der Waals surface area contributed by atoms with E-state index in [0.717, 1.165) is 6.61 Å². The summed E-state index contributed by atoms with van der Waals surface area (Å²) in [6, 6.07) is 0.611. The van der Waals surface area contributed by atoms with Crippen LogP contribution in [0.25, 0.3) is 0 Å². The van der Waals surface area contributed by atoms with Crippen LogP contribution in [-0.2, 0) is 4.74 Å². The van der Waals surface area contributed by atoms with Crippen molar-refractivity contribution in [3.8, 4) is 0 Å². The topological polar surface area (TPSA) is 12.5 Å². The van der Waals surface area contributed by atoms with Crippen LogP contribution in [0.2, 0.25) is 0 Å². The number of rotatable bonds is 3. The Kier molecular flexibility index (Phi) is 2.79. The molecular formula is C10H21NO. The van der Waals surface area contributed by atoms with Crippen LogP contribution in [0.1, 0.15) is 27.7 Å². The van der Waals surface area contributed by atoms with Crippen molar-refractivity contribution in [3.63, 3.8) is 0 Å². The fraction of sp³-hybridized carbons (Fsp3) is 1.00. The monoisotopic (exact) mass is 171 g/mol. The van der Waals surface area contributed by atoms with Crippen LogP contribution in [-0.4, -0.2) is 37.2 Å². The molecule has 0 aromatic carbocycles. The lowest BCUT2D eigenvalue weighted by Gasteiger charge is -2.52. The molecule has 0 spiro atoms. The van der Waals surface area contributed by atoms with Crippen molar-refractivity contribution in [1.29, 1.82) is 0 Å². The van der Waals surface area contributed by atoms with Crippen LogP contribution in [0.3, 0.4) is 0 Å². The highest BCUT2D eigenvalue weighted by Crippen LogP contribution is 2.35. The standard InChI is InChI=1S/C10H21NO/c1-8(2)12-6-9-10(3,4)7-11(9)5/h8-9H,6-7H2,1-5H3/t9-/m1/s1. The van der Waals surface area contributed by atoms with Gasteiger partial charge in [0.25, 0.3) is 0 Å². The molecule has 1 fully saturated rings. The summed E-state index contributed by atoms with van der Waals surface area (Å²) in [7, 11) is 2.17. The molecule has 0 bridgehead atoms. The van der Waals surface area contributed by atoms with Gasteiger partial charge < -0.3 is 4.74 Å². The highest BCUT2D eigenvalue weighted by molar-refractivity contribution is 4.96. The van der Waals surface area contributed by atoms with E-state index in [1.807, 2.05) is 0 Å². The minimum atomic E-state index is 0.356. The van der Waals surface area contributed by atoms with E-state index >= 15 is 0 Å². The Bertz CT molecular complexity index is 154. The first-order valence-electron chi connectivity index (χ1n) is 4.75. The summed E-state index contributed by atoms with van der Waals surface area (Å²) in [5, 5.41) is 0. The van der Waals surface area contributed by atoms with Gasteiger partial charge in [0, 0.05) is 12.6 Å². The summed E-state index contributed by atoms with van der Waals surface area (Å²) in [4.78, 5) is 2.36. The summed E-state index contributed by atoms with van der Waals surface area (Å²) < 4.78 is 5.61. The number of likely N-dealkylation sites (tertiary alicyclic amines) is 1. The third-order valence-electron chi connectivity index (χ3n) is 2.68. The molecule has 0 aliphatic carbocycles. The van der Waals surface area contributed by atoms with E-state index in [1.54, 1.807) is 0 Å². The van der Waals surface area contributed by atoms with E-state index in [4.69, 9.17) is 4.74 Å². The van der Waals surface area contributed by atoms with Crippen molar-refractivity contribution in [2.75, 3.05) is 20.2 Å². The second-order valence-corrected chi connectivity index (χ2v) is 4.80. The molecule has 72 valence electrons. The predicted molar refractivity (Wildman–Crippen MR) is 51.3 cm³/mol. The zero-order valence-corrected chi connectivity index (χ0v) is 8.92. The Morgan fingerprint density at radius 1 is 1.50 bits per heavy atom. The summed E-state index contributed by atoms with van der Waals surface area (Å²) >= 11 is 0. The molecule has 0 aromatic rings. The molecule has 0 unspecified atom stereocenters. The van der Waals surface area contributed by atoms with E-state index in [0.29, 0.717) is 17.6 Å². The largest absolute Gasteiger partial charge is 0.377 e. The van der Waals surface area contributed by atoms with E-state index in [9.17, 15) is 0 Å². The molecule has 2 heteroatoms. The predicted octanol–water partition coefficient (Wildman–Crippen LogP) is 1.75. The molecule has 1 aliphatic rings. The van der Waals surface area contributed by atoms with Crippen LogP contribution in [0.15, 0.2) is 0 Å². The highest BCUT2D eigenvalue weighted by Gasteiger charge is 2.43. The molecule has 0 amide bonds. The quantitative estimate of drug-likeness (QED) is 0.641. The maximum absolute atomic E-state index is 5.61. The van der Waals surface area contributed by atoms with Crippen LogP contribution >= 0.6 is 0 Å². The Hall–Kier alpha value is -0.0800. The minimum Gasteiger partial charge on any atom is -0.377 e. The van der Waals surface area contributed by atoms with Gasteiger partial charge >= 0.3 is 0 Å². The number of hydrogen-bond acceptors (Lipinski definition) is 2. The minimum absolute atomic E-state index is 0.356. The first-order valence-corrected chi connectivity index (χ1v) is 4.75. The fourth-order valence-corrected chi connectivity index (χ4v) is 1.98. The molecule has 1 saturated heterocycles. The Labute approximate surface area is 75.9 Å². The number of likely N-dealkylation sites (N-methyl/N-ethyl adjacent to an activating group) is 1. The molecule has 1 atom stereocenters. The zero-order valence-electron chi connectivity index (χ0n) is 8.92. The molecule has 1 rings (SSSR count). The number of ether oxygens (including phenoxy) is 1. The maximum Gasteiger partial charge on any atom is 0.0630 e. The lowest BCUT2D eigenvalue weighted by molar-refractivity contribution is -0.0870. The smallest absolute Gasteiger partial charge is 0.0630 e. The SMILES string of the molecule is CC(C)OC[C@H]1N(C)CC1(C)C. The van der Waals surface area contributed by atoms with Gasteiger partial charge in [0.15, 0.2) is 0 Å². The van der Waals surface area contributed by atoms with E-state index in [-0.39, 0.29) is 0 Å². The van der Waals surface area contributed by atoms with Gasteiger partial charge in [0.2, 0.25) is 0 Å². The van der Waals surface area contributed by atoms with E-state index in [1.165, 1.54) is 6.54 Å². The average Bonchev–Trinajstić information content (AvgIpc) is 1.84. The van der Waals surface area contributed by atoms with Gasteiger partial charge in [0.1, 0.15) is 0 Å². The van der Waals surface area contributed by atoms with Gasteiger partial charge in [-0.3, -0.25) is 4.90 Å². The highest BCUT2D eigenvalue weighted by atomic mass is 16.5. The second kappa shape index (κ2) is 3.35. The molecule has 0 saturated carbocycles. The zero-order chi connectivity index (χ0) is 9.35. The van der Waals surface area contributed by atoms with Crippen LogP contribution in [0, 0.1) is 5.41 Å². The van der Waals surface area contributed by atoms with Gasteiger partial charge in [-0.05, 0) is 26.3 Å². The molecular weight excluding hydrogens is 150 g/mol. The van der Waals surface area contributed by atoms with Crippen LogP contribution < -0.4 is 0 Å². The van der Waals surface area contributed by atoms with E-state index < -0.39 is 0 Å². The molecule has 0 radical (unpaired) electrons. The molecule has 12 heavy (non-hydrogen) atoms. The second-order valence-electron chi connectivity index (χ2n) is 4.80. The molecule has 1 heterocycles. The maximum atomic E-state index is 5.61. The summed E-state index contributed by atoms with van der Waals surface area (Å²) in [5.41, 5.74) is 0.448. The average molecular weight is 171 g/mol. The van der Waals surface area contributed by atoms with Crippen LogP contribution in [0.5, 0.6) is 0 Å². The van der Waals surface area contributed by atoms with E-state index in [2.05, 4.69) is 39.6 Å². The Morgan fingerprint density at radius 2 is 2.08 bits per heavy atom. The summed E-state index contributed by atoms with van der Waals surface area (Å²) in [6.45, 7) is 10.9. The number of hydrogen-bond donors (Lipinski definition) is 0. The van der Waals surface area contributed by atoms with Crippen molar-refractivity contribution in [2.45, 2.75) is 39.8 Å². The number of nitrogens with zero attached hydrogens (tertiary/aromatic N) is 1. The Balaban J connectivity index is 2.31. The first kappa shape index (κ1) is 10.0. The summed E-state index contributed by atoms with van der Waals surface area (Å²) in [5.74, 6) is 0. The first-order chi connectivity index (χ1) is 5.43. The van der Waals surface area contributed by atoms with Crippen molar-refractivity contribution >= 4 is 0 Å². The third kappa shape index (κ3) is 1.99. The Morgan fingerprint density at radius 3 is 2.42 bits per heavy atom. The molecule has 0 N–H and O–H groups in total. The van der Waals surface area contributed by atoms with Crippen molar-refractivity contribution in [1.82, 2.24) is 4.90 Å². The molecule has 2 nitrogen and oxygen atoms in total. The third-order valence-corrected chi connectivity index (χ3v) is 2.68. The summed E-state index contributed by atoms with van der Waals surface area (Å²) in [6.07, 6.45) is 0.356. The molecule has 1 aliphatic heterocycles. The lowest BCUT2D eigenvalue weighted by atomic mass is 9.76. The van der Waals surface area contributed by atoms with Crippen LogP contribution in [0.4, 0.5) is 0 Å². The van der Waals surface area contributed by atoms with Crippen molar-refractivity contribution in [2.24, 2.45) is 5.41 Å². The normalized spacial score (nSPS) is 29.0. The van der Waals surface area contributed by atoms with Gasteiger partial charge in [-0.1, -0.05) is 13.8 Å². The lowest BCUT2D eigenvalue weighted by Crippen LogP contribution is -2.62. The van der Waals surface area contributed by atoms with Crippen molar-refractivity contribution < 1.29 is 4.74 Å². The van der Waals surface area contributed by atoms with Gasteiger partial charge in [-0.15, -0.1) is 0 Å². The van der Waals surface area contributed by atoms with Gasteiger partial charge in [-0.25, -0.2) is 0 Å². The fourth-order valence-electron chi connectivity index (χ4n) is 1.98. The van der Waals surface area contributed by atoms with Crippen molar-refractivity contribution in [3.05, 3.63) is 0 Å². The van der Waals surface area contributed by atoms with Gasteiger partial charge in [0.05, 0.1) is 12.7 Å². The van der Waals surface area contributed by atoms with Gasteiger partial charge in [-0.2, -0.15) is 0 Å².